The van der Waals surface area contributed by atoms with Gasteiger partial charge in [-0.05, 0) is 37.1 Å². The summed E-state index contributed by atoms with van der Waals surface area (Å²) in [5.41, 5.74) is 2.28. The summed E-state index contributed by atoms with van der Waals surface area (Å²) in [4.78, 5) is 13.6. The van der Waals surface area contributed by atoms with E-state index in [4.69, 9.17) is 9.47 Å². The Morgan fingerprint density at radius 2 is 2.08 bits per heavy atom. The van der Waals surface area contributed by atoms with Crippen molar-refractivity contribution in [2.75, 3.05) is 26.0 Å². The predicted molar refractivity (Wildman–Crippen MR) is 101 cm³/mol. The first-order chi connectivity index (χ1) is 12.2. The molecule has 3 rings (SSSR count). The Morgan fingerprint density at radius 3 is 2.84 bits per heavy atom. The summed E-state index contributed by atoms with van der Waals surface area (Å²) in [6.07, 6.45) is 0.684. The van der Waals surface area contributed by atoms with Gasteiger partial charge in [0.1, 0.15) is 6.61 Å². The van der Waals surface area contributed by atoms with Gasteiger partial charge in [-0.25, -0.2) is 0 Å². The van der Waals surface area contributed by atoms with Crippen LogP contribution in [0.1, 0.15) is 11.1 Å². The minimum absolute atomic E-state index is 0.0537. The molecule has 4 nitrogen and oxygen atoms in total. The minimum Gasteiger partial charge on any atom is -0.493 e. The van der Waals surface area contributed by atoms with Crippen LogP contribution in [0.5, 0.6) is 11.5 Å². The minimum atomic E-state index is -0.149. The number of para-hydroxylation sites is 1. The molecule has 0 fully saturated rings. The van der Waals surface area contributed by atoms with Gasteiger partial charge in [0.05, 0.1) is 13.0 Å². The van der Waals surface area contributed by atoms with Gasteiger partial charge in [-0.2, -0.15) is 0 Å². The second-order valence-electron chi connectivity index (χ2n) is 6.11. The van der Waals surface area contributed by atoms with E-state index in [1.165, 1.54) is 10.5 Å². The van der Waals surface area contributed by atoms with Crippen molar-refractivity contribution in [3.63, 3.8) is 0 Å². The van der Waals surface area contributed by atoms with Crippen LogP contribution in [-0.2, 0) is 11.2 Å². The third kappa shape index (κ3) is 4.48. The number of fused-ring (bicyclic) bond motifs is 1. The first-order valence-corrected chi connectivity index (χ1v) is 9.42. The van der Waals surface area contributed by atoms with Crippen molar-refractivity contribution in [1.82, 2.24) is 5.32 Å². The van der Waals surface area contributed by atoms with Crippen molar-refractivity contribution in [2.24, 2.45) is 5.92 Å². The normalized spacial score (nSPS) is 15.8. The molecular formula is C20H23NO3S. The van der Waals surface area contributed by atoms with Gasteiger partial charge in [-0.15, -0.1) is 11.8 Å². The number of benzene rings is 2. The van der Waals surface area contributed by atoms with Crippen LogP contribution in [0, 0.1) is 12.8 Å². The van der Waals surface area contributed by atoms with Gasteiger partial charge < -0.3 is 14.8 Å². The SMILES string of the molecule is COc1cccc2c1OCC(C(=O)NCCSc1ccc(C)cc1)C2. The molecule has 1 N–H and O–H groups in total. The lowest BCUT2D eigenvalue weighted by Gasteiger charge is -2.25. The van der Waals surface area contributed by atoms with Gasteiger partial charge in [0.2, 0.25) is 5.91 Å². The van der Waals surface area contributed by atoms with E-state index in [-0.39, 0.29) is 11.8 Å². The highest BCUT2D eigenvalue weighted by Crippen LogP contribution is 2.36. The first kappa shape index (κ1) is 17.7. The molecule has 0 saturated heterocycles. The number of nitrogens with one attached hydrogen (secondary N) is 1. The molecule has 1 atom stereocenters. The third-order valence-electron chi connectivity index (χ3n) is 4.24. The van der Waals surface area contributed by atoms with E-state index in [0.29, 0.717) is 19.6 Å². The average Bonchev–Trinajstić information content (AvgIpc) is 2.65. The Morgan fingerprint density at radius 1 is 1.28 bits per heavy atom. The molecule has 0 spiro atoms. The van der Waals surface area contributed by atoms with Crippen LogP contribution < -0.4 is 14.8 Å². The van der Waals surface area contributed by atoms with Crippen LogP contribution in [0.4, 0.5) is 0 Å². The van der Waals surface area contributed by atoms with Crippen molar-refractivity contribution in [1.29, 1.82) is 0 Å². The number of amides is 1. The Labute approximate surface area is 152 Å². The molecule has 0 saturated carbocycles. The number of hydrogen-bond donors (Lipinski definition) is 1. The lowest BCUT2D eigenvalue weighted by molar-refractivity contribution is -0.126. The highest BCUT2D eigenvalue weighted by Gasteiger charge is 2.27. The maximum Gasteiger partial charge on any atom is 0.226 e. The van der Waals surface area contributed by atoms with E-state index < -0.39 is 0 Å². The topological polar surface area (TPSA) is 47.6 Å². The van der Waals surface area contributed by atoms with Gasteiger partial charge in [0, 0.05) is 17.2 Å². The van der Waals surface area contributed by atoms with Crippen LogP contribution in [0.25, 0.3) is 0 Å². The summed E-state index contributed by atoms with van der Waals surface area (Å²) in [5.74, 6) is 2.25. The summed E-state index contributed by atoms with van der Waals surface area (Å²) < 4.78 is 11.1. The molecule has 2 aromatic carbocycles. The van der Waals surface area contributed by atoms with Gasteiger partial charge in [0.25, 0.3) is 0 Å². The molecule has 2 aromatic rings. The number of thioether (sulfide) groups is 1. The molecule has 5 heteroatoms. The highest BCUT2D eigenvalue weighted by atomic mass is 32.2. The fourth-order valence-electron chi connectivity index (χ4n) is 2.85. The van der Waals surface area contributed by atoms with Gasteiger partial charge >= 0.3 is 0 Å². The lowest BCUT2D eigenvalue weighted by atomic mass is 9.95. The molecule has 1 aliphatic rings. The second-order valence-corrected chi connectivity index (χ2v) is 7.28. The summed E-state index contributed by atoms with van der Waals surface area (Å²) in [6.45, 7) is 3.12. The van der Waals surface area contributed by atoms with E-state index in [1.807, 2.05) is 18.2 Å². The average molecular weight is 357 g/mol. The molecule has 132 valence electrons. The van der Waals surface area contributed by atoms with E-state index >= 15 is 0 Å². The van der Waals surface area contributed by atoms with E-state index in [1.54, 1.807) is 18.9 Å². The summed E-state index contributed by atoms with van der Waals surface area (Å²) >= 11 is 1.75. The Balaban J connectivity index is 1.46. The number of carbonyl (C=O) groups is 1. The Hall–Kier alpha value is -2.14. The van der Waals surface area contributed by atoms with Crippen molar-refractivity contribution in [2.45, 2.75) is 18.2 Å². The molecular weight excluding hydrogens is 334 g/mol. The quantitative estimate of drug-likeness (QED) is 0.635. The number of methoxy groups -OCH3 is 1. The van der Waals surface area contributed by atoms with Crippen molar-refractivity contribution >= 4 is 17.7 Å². The molecule has 0 radical (unpaired) electrons. The summed E-state index contributed by atoms with van der Waals surface area (Å²) in [5, 5.41) is 3.02. The molecule has 1 unspecified atom stereocenters. The molecule has 0 aliphatic carbocycles. The fourth-order valence-corrected chi connectivity index (χ4v) is 3.61. The van der Waals surface area contributed by atoms with Crippen LogP contribution >= 0.6 is 11.8 Å². The summed E-state index contributed by atoms with van der Waals surface area (Å²) in [7, 11) is 1.63. The smallest absolute Gasteiger partial charge is 0.226 e. The van der Waals surface area contributed by atoms with Crippen LogP contribution in [0.15, 0.2) is 47.4 Å². The zero-order chi connectivity index (χ0) is 17.6. The summed E-state index contributed by atoms with van der Waals surface area (Å²) in [6, 6.07) is 14.2. The number of rotatable bonds is 6. The van der Waals surface area contributed by atoms with Crippen molar-refractivity contribution in [3.8, 4) is 11.5 Å². The van der Waals surface area contributed by atoms with Crippen molar-refractivity contribution in [3.05, 3.63) is 53.6 Å². The zero-order valence-corrected chi connectivity index (χ0v) is 15.4. The van der Waals surface area contributed by atoms with Gasteiger partial charge in [-0.3, -0.25) is 4.79 Å². The van der Waals surface area contributed by atoms with Gasteiger partial charge in [0.15, 0.2) is 11.5 Å². The lowest BCUT2D eigenvalue weighted by Crippen LogP contribution is -2.38. The molecule has 1 amide bonds. The van der Waals surface area contributed by atoms with Crippen LogP contribution in [0.2, 0.25) is 0 Å². The molecule has 1 aliphatic heterocycles. The molecule has 25 heavy (non-hydrogen) atoms. The van der Waals surface area contributed by atoms with E-state index in [9.17, 15) is 4.79 Å². The fraction of sp³-hybridized carbons (Fsp3) is 0.350. The van der Waals surface area contributed by atoms with Gasteiger partial charge in [-0.1, -0.05) is 29.8 Å². The second kappa shape index (κ2) is 8.30. The molecule has 0 bridgehead atoms. The van der Waals surface area contributed by atoms with Crippen molar-refractivity contribution < 1.29 is 14.3 Å². The van der Waals surface area contributed by atoms with E-state index in [0.717, 1.165) is 22.8 Å². The Kier molecular flexibility index (Phi) is 5.87. The van der Waals surface area contributed by atoms with Crippen LogP contribution in [0.3, 0.4) is 0 Å². The third-order valence-corrected chi connectivity index (χ3v) is 5.25. The first-order valence-electron chi connectivity index (χ1n) is 8.43. The zero-order valence-electron chi connectivity index (χ0n) is 14.6. The Bertz CT molecular complexity index is 730. The maximum atomic E-state index is 12.4. The number of hydrogen-bond acceptors (Lipinski definition) is 4. The molecule has 0 aromatic heterocycles. The largest absolute Gasteiger partial charge is 0.493 e. The monoisotopic (exact) mass is 357 g/mol. The predicted octanol–water partition coefficient (Wildman–Crippen LogP) is 3.46. The number of aryl methyl sites for hydroxylation is 1. The van der Waals surface area contributed by atoms with Crippen LogP contribution in [-0.4, -0.2) is 31.9 Å². The number of ether oxygens (including phenoxy) is 2. The number of carbonyl (C=O) groups excluding carboxylic acids is 1. The maximum absolute atomic E-state index is 12.4. The molecule has 1 heterocycles. The highest BCUT2D eigenvalue weighted by molar-refractivity contribution is 7.99. The van der Waals surface area contributed by atoms with E-state index in [2.05, 4.69) is 36.5 Å². The standard InChI is InChI=1S/C20H23NO3S/c1-14-6-8-17(9-7-14)25-11-10-21-20(22)16-12-15-4-3-5-18(23-2)19(15)24-13-16/h3-9,16H,10-13H2,1-2H3,(H,21,22).